The number of aromatic nitrogens is 1. The van der Waals surface area contributed by atoms with E-state index in [-0.39, 0.29) is 12.5 Å². The Hall–Kier alpha value is -1.38. The zero-order valence-corrected chi connectivity index (χ0v) is 11.1. The lowest BCUT2D eigenvalue weighted by Crippen LogP contribution is -2.38. The molecule has 0 radical (unpaired) electrons. The molecule has 5 nitrogen and oxygen atoms in total. The first-order valence-electron chi connectivity index (χ1n) is 6.14. The van der Waals surface area contributed by atoms with Crippen LogP contribution < -0.4 is 4.90 Å². The van der Waals surface area contributed by atoms with E-state index >= 15 is 0 Å². The number of alkyl halides is 3. The van der Waals surface area contributed by atoms with E-state index in [2.05, 4.69) is 4.98 Å². The number of halogens is 3. The first kappa shape index (κ1) is 15.0. The van der Waals surface area contributed by atoms with Crippen molar-refractivity contribution in [2.24, 2.45) is 0 Å². The third-order valence-electron chi connectivity index (χ3n) is 3.09. The quantitative estimate of drug-likeness (QED) is 0.914. The van der Waals surface area contributed by atoms with Gasteiger partial charge in [0.25, 0.3) is 0 Å². The van der Waals surface area contributed by atoms with Crippen molar-refractivity contribution >= 4 is 5.82 Å². The van der Waals surface area contributed by atoms with Gasteiger partial charge in [-0.2, -0.15) is 13.2 Å². The van der Waals surface area contributed by atoms with E-state index in [0.717, 1.165) is 18.3 Å². The summed E-state index contributed by atoms with van der Waals surface area (Å²) in [6.45, 7) is 2.42. The fraction of sp³-hybridized carbons (Fsp3) is 0.583. The van der Waals surface area contributed by atoms with Gasteiger partial charge in [0.2, 0.25) is 0 Å². The standard InChI is InChI=1S/C12H16F3N3O2/c1-3-20-11-10(19)18(7-17(11)2)9-6-8(4-5-16-9)12(13,14)15/h4-6,10-11,19H,3,7H2,1-2H3. The fourth-order valence-corrected chi connectivity index (χ4v) is 2.13. The number of ether oxygens (including phenoxy) is 1. The predicted octanol–water partition coefficient (Wildman–Crippen LogP) is 1.49. The molecule has 8 heteroatoms. The number of pyridine rings is 1. The highest BCUT2D eigenvalue weighted by atomic mass is 19.4. The van der Waals surface area contributed by atoms with Crippen molar-refractivity contribution in [2.45, 2.75) is 25.6 Å². The Labute approximate surface area is 114 Å². The topological polar surface area (TPSA) is 48.8 Å². The van der Waals surface area contributed by atoms with E-state index in [0.29, 0.717) is 6.61 Å². The van der Waals surface area contributed by atoms with Crippen molar-refractivity contribution in [1.82, 2.24) is 9.88 Å². The Morgan fingerprint density at radius 3 is 2.80 bits per heavy atom. The highest BCUT2D eigenvalue weighted by Crippen LogP contribution is 2.32. The molecular formula is C12H16F3N3O2. The summed E-state index contributed by atoms with van der Waals surface area (Å²) in [5.41, 5.74) is -0.794. The number of hydrogen-bond donors (Lipinski definition) is 1. The second-order valence-corrected chi connectivity index (χ2v) is 4.53. The molecule has 1 aromatic heterocycles. The van der Waals surface area contributed by atoms with Crippen LogP contribution in [0.2, 0.25) is 0 Å². The molecule has 1 N–H and O–H groups in total. The van der Waals surface area contributed by atoms with E-state index in [9.17, 15) is 18.3 Å². The minimum atomic E-state index is -4.44. The van der Waals surface area contributed by atoms with Crippen molar-refractivity contribution in [3.05, 3.63) is 23.9 Å². The highest BCUT2D eigenvalue weighted by molar-refractivity contribution is 5.43. The number of nitrogens with zero attached hydrogens (tertiary/aromatic N) is 3. The molecule has 1 aliphatic rings. The number of anilines is 1. The summed E-state index contributed by atoms with van der Waals surface area (Å²) in [6, 6.07) is 1.82. The van der Waals surface area contributed by atoms with Crippen LogP contribution in [0.1, 0.15) is 12.5 Å². The summed E-state index contributed by atoms with van der Waals surface area (Å²) >= 11 is 0. The SMILES string of the molecule is CCOC1C(O)N(c2cc(C(F)(F)F)ccn2)CN1C. The zero-order chi connectivity index (χ0) is 14.9. The number of likely N-dealkylation sites (N-methyl/N-ethyl adjacent to an activating group) is 1. The summed E-state index contributed by atoms with van der Waals surface area (Å²) < 4.78 is 43.4. The van der Waals surface area contributed by atoms with Crippen LogP contribution in [0.5, 0.6) is 0 Å². The van der Waals surface area contributed by atoms with Crippen LogP contribution in [0, 0.1) is 0 Å². The van der Waals surface area contributed by atoms with Crippen molar-refractivity contribution in [1.29, 1.82) is 0 Å². The first-order valence-corrected chi connectivity index (χ1v) is 6.14. The van der Waals surface area contributed by atoms with Gasteiger partial charge in [0.05, 0.1) is 12.2 Å². The van der Waals surface area contributed by atoms with Gasteiger partial charge in [-0.15, -0.1) is 0 Å². The number of aliphatic hydroxyl groups excluding tert-OH is 1. The van der Waals surface area contributed by atoms with Gasteiger partial charge >= 0.3 is 6.18 Å². The van der Waals surface area contributed by atoms with Crippen molar-refractivity contribution in [2.75, 3.05) is 25.2 Å². The van der Waals surface area contributed by atoms with Gasteiger partial charge in [0.15, 0.2) is 12.5 Å². The van der Waals surface area contributed by atoms with E-state index in [4.69, 9.17) is 4.74 Å². The third-order valence-corrected chi connectivity index (χ3v) is 3.09. The molecule has 1 saturated heterocycles. The molecule has 2 unspecified atom stereocenters. The van der Waals surface area contributed by atoms with Crippen LogP contribution >= 0.6 is 0 Å². The molecule has 112 valence electrons. The van der Waals surface area contributed by atoms with Crippen LogP contribution in [-0.4, -0.2) is 47.8 Å². The van der Waals surface area contributed by atoms with Gasteiger partial charge in [0.1, 0.15) is 5.82 Å². The average molecular weight is 291 g/mol. The number of hydrogen-bond acceptors (Lipinski definition) is 5. The number of aliphatic hydroxyl groups is 1. The zero-order valence-electron chi connectivity index (χ0n) is 11.1. The molecule has 0 spiro atoms. The normalized spacial score (nSPS) is 24.4. The molecule has 0 saturated carbocycles. The number of rotatable bonds is 3. The lowest BCUT2D eigenvalue weighted by molar-refractivity contribution is -0.137. The lowest BCUT2D eigenvalue weighted by atomic mass is 10.2. The van der Waals surface area contributed by atoms with Crippen molar-refractivity contribution in [3.8, 4) is 0 Å². The van der Waals surface area contributed by atoms with Crippen LogP contribution in [0.25, 0.3) is 0 Å². The molecule has 0 aliphatic carbocycles. The van der Waals surface area contributed by atoms with Crippen LogP contribution in [0.3, 0.4) is 0 Å². The lowest BCUT2D eigenvalue weighted by Gasteiger charge is -2.23. The maximum absolute atomic E-state index is 12.7. The van der Waals surface area contributed by atoms with E-state index in [1.165, 1.54) is 4.90 Å². The van der Waals surface area contributed by atoms with Crippen LogP contribution in [0.4, 0.5) is 19.0 Å². The Morgan fingerprint density at radius 1 is 1.50 bits per heavy atom. The second kappa shape index (κ2) is 5.55. The molecule has 1 aliphatic heterocycles. The minimum Gasteiger partial charge on any atom is -0.370 e. The summed E-state index contributed by atoms with van der Waals surface area (Å²) in [5.74, 6) is 0.0707. The molecular weight excluding hydrogens is 275 g/mol. The van der Waals surface area contributed by atoms with Gasteiger partial charge in [0, 0.05) is 12.8 Å². The molecule has 20 heavy (non-hydrogen) atoms. The largest absolute Gasteiger partial charge is 0.416 e. The Morgan fingerprint density at radius 2 is 2.20 bits per heavy atom. The average Bonchev–Trinajstić information content (AvgIpc) is 2.66. The molecule has 0 aromatic carbocycles. The Kier molecular flexibility index (Phi) is 4.17. The van der Waals surface area contributed by atoms with E-state index in [1.807, 2.05) is 0 Å². The Bertz CT molecular complexity index is 470. The summed E-state index contributed by atoms with van der Waals surface area (Å²) in [7, 11) is 1.72. The molecule has 1 aromatic rings. The maximum Gasteiger partial charge on any atom is 0.416 e. The third kappa shape index (κ3) is 2.87. The van der Waals surface area contributed by atoms with Crippen LogP contribution in [-0.2, 0) is 10.9 Å². The van der Waals surface area contributed by atoms with Gasteiger partial charge in [-0.1, -0.05) is 0 Å². The second-order valence-electron chi connectivity index (χ2n) is 4.53. The predicted molar refractivity (Wildman–Crippen MR) is 65.8 cm³/mol. The monoisotopic (exact) mass is 291 g/mol. The summed E-state index contributed by atoms with van der Waals surface area (Å²) in [5, 5.41) is 10.1. The molecule has 0 bridgehead atoms. The van der Waals surface area contributed by atoms with Gasteiger partial charge in [-0.3, -0.25) is 4.90 Å². The van der Waals surface area contributed by atoms with Crippen molar-refractivity contribution in [3.63, 3.8) is 0 Å². The van der Waals surface area contributed by atoms with E-state index in [1.54, 1.807) is 18.9 Å². The summed E-state index contributed by atoms with van der Waals surface area (Å²) in [4.78, 5) is 6.97. The first-order chi connectivity index (χ1) is 9.34. The summed E-state index contributed by atoms with van der Waals surface area (Å²) in [6.07, 6.45) is -5.00. The highest BCUT2D eigenvalue weighted by Gasteiger charge is 2.39. The molecule has 0 amide bonds. The van der Waals surface area contributed by atoms with Crippen molar-refractivity contribution < 1.29 is 23.0 Å². The molecule has 2 rings (SSSR count). The fourth-order valence-electron chi connectivity index (χ4n) is 2.13. The molecule has 2 atom stereocenters. The van der Waals surface area contributed by atoms with Gasteiger partial charge < -0.3 is 14.7 Å². The van der Waals surface area contributed by atoms with Gasteiger partial charge in [-0.05, 0) is 26.1 Å². The van der Waals surface area contributed by atoms with Gasteiger partial charge in [-0.25, -0.2) is 4.98 Å². The smallest absolute Gasteiger partial charge is 0.370 e. The Balaban J connectivity index is 2.24. The molecule has 1 fully saturated rings. The van der Waals surface area contributed by atoms with Crippen LogP contribution in [0.15, 0.2) is 18.3 Å². The van der Waals surface area contributed by atoms with E-state index < -0.39 is 24.2 Å². The minimum absolute atomic E-state index is 0.0707. The maximum atomic E-state index is 12.7. The molecule has 2 heterocycles.